The minimum atomic E-state index is -0.872. The zero-order chi connectivity index (χ0) is 21.3. The van der Waals surface area contributed by atoms with Crippen molar-refractivity contribution in [3.63, 3.8) is 0 Å². The molecule has 1 aromatic rings. The van der Waals surface area contributed by atoms with Crippen LogP contribution in [0.5, 0.6) is 11.5 Å². The number of nitrogens with zero attached hydrogens (tertiary/aromatic N) is 2. The minimum absolute atomic E-state index is 0.0165. The molecule has 3 aliphatic rings. The summed E-state index contributed by atoms with van der Waals surface area (Å²) in [7, 11) is 1.78. The molecule has 9 nitrogen and oxygen atoms in total. The molecule has 9 heteroatoms. The van der Waals surface area contributed by atoms with Crippen molar-refractivity contribution in [1.82, 2.24) is 20.7 Å². The summed E-state index contributed by atoms with van der Waals surface area (Å²) in [5.41, 5.74) is 1.59. The highest BCUT2D eigenvalue weighted by Crippen LogP contribution is 2.35. The molecule has 1 saturated carbocycles. The van der Waals surface area contributed by atoms with Gasteiger partial charge in [0.05, 0.1) is 6.54 Å². The van der Waals surface area contributed by atoms with E-state index in [0.29, 0.717) is 43.4 Å². The van der Waals surface area contributed by atoms with Gasteiger partial charge in [0.15, 0.2) is 11.5 Å². The number of carbonyl (C=O) groups excluding carboxylic acids is 3. The number of urea groups is 1. The van der Waals surface area contributed by atoms with Gasteiger partial charge in [-0.15, -0.1) is 0 Å². The Hall–Kier alpha value is -2.81. The van der Waals surface area contributed by atoms with E-state index in [1.807, 2.05) is 24.3 Å². The third-order valence-electron chi connectivity index (χ3n) is 6.02. The number of hydrogen-bond donors (Lipinski definition) is 2. The number of hydrogen-bond acceptors (Lipinski definition) is 6. The highest BCUT2D eigenvalue weighted by molar-refractivity contribution is 6.08. The fourth-order valence-electron chi connectivity index (χ4n) is 4.29. The van der Waals surface area contributed by atoms with Gasteiger partial charge in [-0.05, 0) is 50.8 Å². The van der Waals surface area contributed by atoms with E-state index in [1.54, 1.807) is 11.9 Å². The van der Waals surface area contributed by atoms with Crippen LogP contribution in [0.25, 0.3) is 0 Å². The molecule has 2 fully saturated rings. The van der Waals surface area contributed by atoms with Crippen molar-refractivity contribution in [3.05, 3.63) is 24.3 Å². The molecule has 0 unspecified atom stereocenters. The second kappa shape index (κ2) is 8.14. The fraction of sp³-hybridized carbons (Fsp3) is 0.571. The molecule has 30 heavy (non-hydrogen) atoms. The molecular weight excluding hydrogens is 388 g/mol. The average molecular weight is 416 g/mol. The number of carbonyl (C=O) groups is 3. The predicted octanol–water partition coefficient (Wildman–Crippen LogP) is 1.29. The van der Waals surface area contributed by atoms with Crippen LogP contribution in [-0.4, -0.2) is 66.1 Å². The Morgan fingerprint density at radius 3 is 2.70 bits per heavy atom. The maximum atomic E-state index is 12.8. The Kier molecular flexibility index (Phi) is 5.55. The van der Waals surface area contributed by atoms with Crippen LogP contribution < -0.4 is 20.2 Å². The van der Waals surface area contributed by atoms with E-state index in [4.69, 9.17) is 9.47 Å². The molecule has 0 bridgehead atoms. The van der Waals surface area contributed by atoms with E-state index in [2.05, 4.69) is 17.7 Å². The molecule has 2 heterocycles. The van der Waals surface area contributed by atoms with Crippen molar-refractivity contribution in [1.29, 1.82) is 0 Å². The molecule has 0 aromatic heterocycles. The van der Waals surface area contributed by atoms with Crippen molar-refractivity contribution >= 4 is 17.8 Å². The lowest BCUT2D eigenvalue weighted by Gasteiger charge is -2.33. The quantitative estimate of drug-likeness (QED) is 0.702. The van der Waals surface area contributed by atoms with Gasteiger partial charge in [0.2, 0.25) is 0 Å². The Morgan fingerprint density at radius 1 is 1.27 bits per heavy atom. The third-order valence-corrected chi connectivity index (χ3v) is 6.02. The molecule has 1 saturated heterocycles. The molecule has 1 atom stereocenters. The van der Waals surface area contributed by atoms with Crippen LogP contribution in [0, 0.1) is 5.92 Å². The maximum Gasteiger partial charge on any atom is 0.344 e. The highest BCUT2D eigenvalue weighted by atomic mass is 16.6. The number of likely N-dealkylation sites (N-methyl/N-ethyl adjacent to an activating group) is 1. The van der Waals surface area contributed by atoms with Crippen LogP contribution in [-0.2, 0) is 9.59 Å². The van der Waals surface area contributed by atoms with Gasteiger partial charge in [-0.25, -0.2) is 4.79 Å². The second-order valence-electron chi connectivity index (χ2n) is 8.56. The van der Waals surface area contributed by atoms with Crippen LogP contribution in [0.3, 0.4) is 0 Å². The summed E-state index contributed by atoms with van der Waals surface area (Å²) in [4.78, 5) is 39.4. The summed E-state index contributed by atoms with van der Waals surface area (Å²) in [6.07, 6.45) is 2.74. The molecule has 1 aliphatic carbocycles. The van der Waals surface area contributed by atoms with Crippen LogP contribution in [0.1, 0.15) is 32.6 Å². The van der Waals surface area contributed by atoms with Gasteiger partial charge in [-0.3, -0.25) is 19.9 Å². The molecule has 1 spiro atoms. The molecule has 4 rings (SSSR count). The van der Waals surface area contributed by atoms with Gasteiger partial charge in [0.1, 0.15) is 18.2 Å². The number of hydrazine groups is 1. The lowest BCUT2D eigenvalue weighted by atomic mass is 9.77. The number of amides is 4. The van der Waals surface area contributed by atoms with E-state index in [1.165, 1.54) is 0 Å². The molecule has 2 aliphatic heterocycles. The first-order chi connectivity index (χ1) is 14.4. The van der Waals surface area contributed by atoms with Gasteiger partial charge in [-0.1, -0.05) is 19.1 Å². The largest absolute Gasteiger partial charge is 0.486 e. The molecule has 2 N–H and O–H groups in total. The Morgan fingerprint density at radius 2 is 1.97 bits per heavy atom. The SMILES string of the molecule is CC1CCC2(CC1)NC(=O)N(NC(=O)CN(C)C[C@@H]1COc3ccccc3O1)C2=O. The van der Waals surface area contributed by atoms with Crippen molar-refractivity contribution in [2.45, 2.75) is 44.2 Å². The average Bonchev–Trinajstić information content (AvgIpc) is 2.94. The first-order valence-corrected chi connectivity index (χ1v) is 10.4. The van der Waals surface area contributed by atoms with Gasteiger partial charge in [0.25, 0.3) is 11.8 Å². The fourth-order valence-corrected chi connectivity index (χ4v) is 4.29. The topological polar surface area (TPSA) is 100 Å². The number of imide groups is 1. The lowest BCUT2D eigenvalue weighted by molar-refractivity contribution is -0.140. The molecular formula is C21H28N4O5. The molecule has 1 aromatic carbocycles. The maximum absolute atomic E-state index is 12.8. The van der Waals surface area contributed by atoms with Crippen molar-refractivity contribution < 1.29 is 23.9 Å². The van der Waals surface area contributed by atoms with E-state index in [0.717, 1.165) is 17.9 Å². The molecule has 4 amide bonds. The zero-order valence-electron chi connectivity index (χ0n) is 17.3. The number of nitrogens with one attached hydrogen (secondary N) is 2. The minimum Gasteiger partial charge on any atom is -0.486 e. The summed E-state index contributed by atoms with van der Waals surface area (Å²) in [5, 5.41) is 3.63. The van der Waals surface area contributed by atoms with E-state index in [9.17, 15) is 14.4 Å². The van der Waals surface area contributed by atoms with Crippen LogP contribution >= 0.6 is 0 Å². The predicted molar refractivity (Wildman–Crippen MR) is 108 cm³/mol. The van der Waals surface area contributed by atoms with Gasteiger partial charge < -0.3 is 14.8 Å². The summed E-state index contributed by atoms with van der Waals surface area (Å²) >= 11 is 0. The van der Waals surface area contributed by atoms with Gasteiger partial charge in [0, 0.05) is 6.54 Å². The summed E-state index contributed by atoms with van der Waals surface area (Å²) in [6, 6.07) is 6.88. The molecule has 0 radical (unpaired) electrons. The van der Waals surface area contributed by atoms with Crippen molar-refractivity contribution in [2.75, 3.05) is 26.7 Å². The smallest absolute Gasteiger partial charge is 0.344 e. The van der Waals surface area contributed by atoms with Crippen molar-refractivity contribution in [3.8, 4) is 11.5 Å². The second-order valence-corrected chi connectivity index (χ2v) is 8.56. The van der Waals surface area contributed by atoms with Crippen LogP contribution in [0.4, 0.5) is 4.79 Å². The third kappa shape index (κ3) is 4.07. The van der Waals surface area contributed by atoms with Crippen LogP contribution in [0.15, 0.2) is 24.3 Å². The number of para-hydroxylation sites is 2. The first-order valence-electron chi connectivity index (χ1n) is 10.4. The monoisotopic (exact) mass is 416 g/mol. The summed E-state index contributed by atoms with van der Waals surface area (Å²) < 4.78 is 11.6. The Balaban J connectivity index is 1.28. The van der Waals surface area contributed by atoms with Gasteiger partial charge >= 0.3 is 6.03 Å². The number of fused-ring (bicyclic) bond motifs is 1. The summed E-state index contributed by atoms with van der Waals surface area (Å²) in [6.45, 7) is 3.01. The van der Waals surface area contributed by atoms with Crippen molar-refractivity contribution in [2.24, 2.45) is 5.92 Å². The van der Waals surface area contributed by atoms with Crippen LogP contribution in [0.2, 0.25) is 0 Å². The summed E-state index contributed by atoms with van der Waals surface area (Å²) in [5.74, 6) is 1.13. The van der Waals surface area contributed by atoms with E-state index >= 15 is 0 Å². The number of rotatable bonds is 5. The number of ether oxygens (including phenoxy) is 2. The number of benzene rings is 1. The van der Waals surface area contributed by atoms with Gasteiger partial charge in [-0.2, -0.15) is 5.01 Å². The zero-order valence-corrected chi connectivity index (χ0v) is 17.3. The standard InChI is InChI=1S/C21H28N4O5/c1-14-7-9-21(10-8-14)19(27)25(20(28)22-21)23-18(26)12-24(2)11-15-13-29-16-5-3-4-6-17(16)30-15/h3-6,14-15H,7-13H2,1-2H3,(H,22,28)(H,23,26)/t14?,15-,21?/m1/s1. The molecule has 162 valence electrons. The Labute approximate surface area is 175 Å². The first kappa shape index (κ1) is 20.5. The van der Waals surface area contributed by atoms with E-state index < -0.39 is 17.5 Å². The lowest BCUT2D eigenvalue weighted by Crippen LogP contribution is -2.53. The highest BCUT2D eigenvalue weighted by Gasteiger charge is 2.52. The Bertz CT molecular complexity index is 836. The normalized spacial score (nSPS) is 28.0. The van der Waals surface area contributed by atoms with E-state index in [-0.39, 0.29) is 18.6 Å².